The fraction of sp³-hybridized carbons (Fsp3) is 0.588. The van der Waals surface area contributed by atoms with Crippen LogP contribution in [-0.2, 0) is 19.6 Å². The second kappa shape index (κ2) is 7.65. The van der Waals surface area contributed by atoms with E-state index in [0.717, 1.165) is 24.6 Å². The Labute approximate surface area is 164 Å². The number of carbonyl (C=O) groups is 1. The minimum Gasteiger partial charge on any atom is -0.748 e. The van der Waals surface area contributed by atoms with E-state index in [1.807, 2.05) is 0 Å². The Bertz CT molecular complexity index is 885. The molecule has 12 heteroatoms. The average Bonchev–Trinajstić information content (AvgIpc) is 3.14. The second-order valence-corrected chi connectivity index (χ2v) is 8.57. The molecule has 162 valence electrons. The molecule has 8 nitrogen and oxygen atoms in total. The van der Waals surface area contributed by atoms with Gasteiger partial charge in [0.05, 0.1) is 33.6 Å². The Kier molecular flexibility index (Phi) is 5.71. The molecule has 0 N–H and O–H groups in total. The molecule has 0 saturated carbocycles. The molecule has 2 aliphatic heterocycles. The van der Waals surface area contributed by atoms with Crippen molar-refractivity contribution >= 4 is 16.1 Å². The summed E-state index contributed by atoms with van der Waals surface area (Å²) in [6.07, 6.45) is -3.32. The van der Waals surface area contributed by atoms with Crippen LogP contribution >= 0.6 is 0 Å². The van der Waals surface area contributed by atoms with Crippen molar-refractivity contribution in [1.82, 2.24) is 0 Å². The number of rotatable bonds is 7. The normalized spacial score (nSPS) is 26.4. The number of halogens is 3. The van der Waals surface area contributed by atoms with Crippen molar-refractivity contribution < 1.29 is 49.9 Å². The summed E-state index contributed by atoms with van der Waals surface area (Å²) in [4.78, 5) is 12.1. The van der Waals surface area contributed by atoms with Gasteiger partial charge < -0.3 is 23.5 Å². The monoisotopic (exact) mass is 439 g/mol. The van der Waals surface area contributed by atoms with Crippen molar-refractivity contribution in [3.63, 3.8) is 0 Å². The highest BCUT2D eigenvalue weighted by Gasteiger charge is 2.51. The van der Waals surface area contributed by atoms with Crippen LogP contribution in [0.2, 0.25) is 0 Å². The number of benzene rings is 1. The molecule has 0 aromatic heterocycles. The third-order valence-electron chi connectivity index (χ3n) is 4.74. The molecule has 0 spiro atoms. The maximum absolute atomic E-state index is 12.7. The average molecular weight is 439 g/mol. The molecule has 2 bridgehead atoms. The highest BCUT2D eigenvalue weighted by molar-refractivity contribution is 7.85. The summed E-state index contributed by atoms with van der Waals surface area (Å²) in [5.41, 5.74) is -1.09. The molecule has 3 rings (SSSR count). The van der Waals surface area contributed by atoms with Gasteiger partial charge in [-0.2, -0.15) is 0 Å². The van der Waals surface area contributed by atoms with Gasteiger partial charge in [-0.25, -0.2) is 13.2 Å². The first-order valence-electron chi connectivity index (χ1n) is 8.70. The second-order valence-electron chi connectivity index (χ2n) is 7.05. The molecule has 2 heterocycles. The van der Waals surface area contributed by atoms with Crippen LogP contribution < -0.4 is 9.47 Å². The maximum atomic E-state index is 12.7. The van der Waals surface area contributed by atoms with Crippen LogP contribution in [0.5, 0.6) is 11.5 Å². The fourth-order valence-electron chi connectivity index (χ4n) is 3.49. The number of alkyl halides is 3. The van der Waals surface area contributed by atoms with Gasteiger partial charge in [-0.15, -0.1) is 13.2 Å². The zero-order chi connectivity index (χ0) is 21.4. The predicted molar refractivity (Wildman–Crippen MR) is 89.5 cm³/mol. The third-order valence-corrected chi connectivity index (χ3v) is 5.40. The van der Waals surface area contributed by atoms with Gasteiger partial charge in [0, 0.05) is 6.42 Å². The molecular formula is C17H18F3O8S-. The van der Waals surface area contributed by atoms with Crippen molar-refractivity contribution in [2.75, 3.05) is 12.4 Å². The molecule has 2 aliphatic rings. The van der Waals surface area contributed by atoms with Crippen molar-refractivity contribution in [3.05, 3.63) is 23.8 Å². The van der Waals surface area contributed by atoms with Crippen LogP contribution in [0.15, 0.2) is 18.2 Å². The fourth-order valence-corrected chi connectivity index (χ4v) is 3.78. The summed E-state index contributed by atoms with van der Waals surface area (Å²) in [6.45, 7) is 1.02. The van der Waals surface area contributed by atoms with Crippen molar-refractivity contribution in [1.29, 1.82) is 0 Å². The summed E-state index contributed by atoms with van der Waals surface area (Å²) < 4.78 is 90.1. The van der Waals surface area contributed by atoms with Crippen molar-refractivity contribution in [2.24, 2.45) is 0 Å². The first-order chi connectivity index (χ1) is 13.3. The number of esters is 1. The smallest absolute Gasteiger partial charge is 0.573 e. The van der Waals surface area contributed by atoms with E-state index in [2.05, 4.69) is 9.47 Å². The van der Waals surface area contributed by atoms with Gasteiger partial charge in [-0.3, -0.25) is 0 Å². The molecule has 3 unspecified atom stereocenters. The van der Waals surface area contributed by atoms with Gasteiger partial charge in [0.25, 0.3) is 0 Å². The molecule has 1 aromatic carbocycles. The quantitative estimate of drug-likeness (QED) is 0.470. The molecule has 1 aromatic rings. The highest BCUT2D eigenvalue weighted by atomic mass is 32.2. The zero-order valence-electron chi connectivity index (χ0n) is 15.2. The Morgan fingerprint density at radius 2 is 2.03 bits per heavy atom. The van der Waals surface area contributed by atoms with Crippen LogP contribution in [0.4, 0.5) is 13.2 Å². The first-order valence-corrected chi connectivity index (χ1v) is 10.3. The Morgan fingerprint density at radius 3 is 2.59 bits per heavy atom. The molecule has 0 radical (unpaired) electrons. The van der Waals surface area contributed by atoms with Crippen LogP contribution in [0.3, 0.4) is 0 Å². The van der Waals surface area contributed by atoms with Crippen LogP contribution in [-0.4, -0.2) is 55.5 Å². The van der Waals surface area contributed by atoms with E-state index in [4.69, 9.17) is 9.47 Å². The van der Waals surface area contributed by atoms with Crippen molar-refractivity contribution in [3.8, 4) is 11.5 Å². The topological polar surface area (TPSA) is 111 Å². The van der Waals surface area contributed by atoms with E-state index in [1.54, 1.807) is 6.92 Å². The van der Waals surface area contributed by atoms with E-state index < -0.39 is 46.2 Å². The van der Waals surface area contributed by atoms with E-state index >= 15 is 0 Å². The standard InChI is InChI=1S/C17H19F3O8S/c1-16(9-11-3-5-14(16)26-11)27-13-8-10(2-4-12(13)28-17(18,19)20)15(21)25-6-7-29(22,23)24/h2,4,8,11,14H,3,5-7,9H2,1H3,(H,22,23,24)/p-1. The van der Waals surface area contributed by atoms with Crippen LogP contribution in [0.1, 0.15) is 36.5 Å². The zero-order valence-corrected chi connectivity index (χ0v) is 16.0. The summed E-state index contributed by atoms with van der Waals surface area (Å²) in [5.74, 6) is -2.91. The van der Waals surface area contributed by atoms with Gasteiger partial charge >= 0.3 is 12.3 Å². The lowest BCUT2D eigenvalue weighted by atomic mass is 9.86. The number of hydrogen-bond donors (Lipinski definition) is 0. The Morgan fingerprint density at radius 1 is 1.31 bits per heavy atom. The largest absolute Gasteiger partial charge is 0.748 e. The minimum atomic E-state index is -4.98. The first kappa shape index (κ1) is 21.7. The number of carbonyl (C=O) groups excluding carboxylic acids is 1. The van der Waals surface area contributed by atoms with Gasteiger partial charge in [-0.05, 0) is 38.0 Å². The molecule has 3 atom stereocenters. The maximum Gasteiger partial charge on any atom is 0.573 e. The Hall–Kier alpha value is -2.05. The molecular weight excluding hydrogens is 421 g/mol. The SMILES string of the molecule is CC1(Oc2cc(C(=O)OCCS(=O)(=O)[O-])ccc2OC(F)(F)F)CC2CCC1O2. The molecule has 2 saturated heterocycles. The van der Waals surface area contributed by atoms with E-state index in [0.29, 0.717) is 12.8 Å². The lowest BCUT2D eigenvalue weighted by molar-refractivity contribution is -0.275. The predicted octanol–water partition coefficient (Wildman–Crippen LogP) is 2.38. The summed E-state index contributed by atoms with van der Waals surface area (Å²) >= 11 is 0. The molecule has 29 heavy (non-hydrogen) atoms. The van der Waals surface area contributed by atoms with Gasteiger partial charge in [0.2, 0.25) is 0 Å². The van der Waals surface area contributed by atoms with E-state index in [1.165, 1.54) is 0 Å². The van der Waals surface area contributed by atoms with Crippen LogP contribution in [0.25, 0.3) is 0 Å². The lowest BCUT2D eigenvalue weighted by Crippen LogP contribution is -2.42. The minimum absolute atomic E-state index is 0.0424. The summed E-state index contributed by atoms with van der Waals surface area (Å²) in [6, 6.07) is 2.94. The Balaban J connectivity index is 1.81. The molecule has 2 fully saturated rings. The number of hydrogen-bond acceptors (Lipinski definition) is 8. The van der Waals surface area contributed by atoms with E-state index in [9.17, 15) is 30.9 Å². The van der Waals surface area contributed by atoms with Gasteiger partial charge in [0.15, 0.2) is 11.5 Å². The number of fused-ring (bicyclic) bond motifs is 2. The summed E-state index contributed by atoms with van der Waals surface area (Å²) in [5, 5.41) is 0. The molecule has 0 amide bonds. The highest BCUT2D eigenvalue weighted by Crippen LogP contribution is 2.46. The number of ether oxygens (including phenoxy) is 4. The van der Waals surface area contributed by atoms with Gasteiger partial charge in [-0.1, -0.05) is 0 Å². The van der Waals surface area contributed by atoms with E-state index in [-0.39, 0.29) is 23.5 Å². The third kappa shape index (κ3) is 5.52. The summed E-state index contributed by atoms with van der Waals surface area (Å²) in [7, 11) is -4.58. The van der Waals surface area contributed by atoms with Crippen LogP contribution in [0, 0.1) is 0 Å². The molecule has 0 aliphatic carbocycles. The van der Waals surface area contributed by atoms with Crippen molar-refractivity contribution in [2.45, 2.75) is 50.4 Å². The van der Waals surface area contributed by atoms with Gasteiger partial charge in [0.1, 0.15) is 12.2 Å². The lowest BCUT2D eigenvalue weighted by Gasteiger charge is -2.33.